The van der Waals surface area contributed by atoms with Crippen molar-refractivity contribution < 1.29 is 14.3 Å². The molecule has 0 heterocycles. The molecule has 0 aromatic heterocycles. The third kappa shape index (κ3) is 4.87. The van der Waals surface area contributed by atoms with E-state index in [2.05, 4.69) is 0 Å². The zero-order chi connectivity index (χ0) is 11.1. The first kappa shape index (κ1) is 11.3. The van der Waals surface area contributed by atoms with Gasteiger partial charge in [0.05, 0.1) is 0 Å². The standard InChI is InChI=1S/C9H9ClN2O3/c10-8(13)11-12-9(14)15-6-7-4-2-1-3-5-7/h1-5H,6H2,(H,11,13)(H,12,14). The number of ether oxygens (including phenoxy) is 1. The predicted octanol–water partition coefficient (Wildman–Crippen LogP) is 1.78. The molecule has 0 bridgehead atoms. The Labute approximate surface area is 91.3 Å². The first-order valence-electron chi connectivity index (χ1n) is 4.10. The van der Waals surface area contributed by atoms with Crippen LogP contribution >= 0.6 is 11.6 Å². The largest absolute Gasteiger partial charge is 0.443 e. The van der Waals surface area contributed by atoms with Gasteiger partial charge in [-0.15, -0.1) is 0 Å². The van der Waals surface area contributed by atoms with Crippen molar-refractivity contribution >= 4 is 23.1 Å². The molecule has 1 rings (SSSR count). The average molecular weight is 229 g/mol. The first-order chi connectivity index (χ1) is 7.18. The summed E-state index contributed by atoms with van der Waals surface area (Å²) in [4.78, 5) is 21.1. The molecule has 0 atom stereocenters. The maximum Gasteiger partial charge on any atom is 0.426 e. The Balaban J connectivity index is 2.26. The summed E-state index contributed by atoms with van der Waals surface area (Å²) in [5, 5.41) is -0.883. The van der Waals surface area contributed by atoms with Gasteiger partial charge in [0, 0.05) is 0 Å². The fourth-order valence-corrected chi connectivity index (χ4v) is 0.907. The van der Waals surface area contributed by atoms with Crippen molar-refractivity contribution in [3.63, 3.8) is 0 Å². The van der Waals surface area contributed by atoms with Gasteiger partial charge in [0.25, 0.3) is 0 Å². The lowest BCUT2D eigenvalue weighted by Gasteiger charge is -2.05. The Morgan fingerprint density at radius 3 is 2.47 bits per heavy atom. The van der Waals surface area contributed by atoms with Gasteiger partial charge in [-0.25, -0.2) is 10.2 Å². The summed E-state index contributed by atoms with van der Waals surface area (Å²) in [6.07, 6.45) is -0.771. The minimum absolute atomic E-state index is 0.130. The van der Waals surface area contributed by atoms with Crippen LogP contribution in [0.2, 0.25) is 0 Å². The molecule has 0 spiro atoms. The van der Waals surface area contributed by atoms with Crippen LogP contribution in [0, 0.1) is 0 Å². The fraction of sp³-hybridized carbons (Fsp3) is 0.111. The molecular weight excluding hydrogens is 220 g/mol. The highest BCUT2D eigenvalue weighted by Crippen LogP contribution is 1.99. The zero-order valence-corrected chi connectivity index (χ0v) is 8.45. The normalized spacial score (nSPS) is 9.13. The van der Waals surface area contributed by atoms with Gasteiger partial charge in [0.15, 0.2) is 0 Å². The van der Waals surface area contributed by atoms with E-state index >= 15 is 0 Å². The minimum atomic E-state index is -0.883. The predicted molar refractivity (Wildman–Crippen MR) is 54.1 cm³/mol. The molecule has 0 aliphatic carbocycles. The molecule has 1 aromatic rings. The number of benzene rings is 1. The van der Waals surface area contributed by atoms with E-state index in [0.29, 0.717) is 0 Å². The Morgan fingerprint density at radius 2 is 1.87 bits per heavy atom. The summed E-state index contributed by atoms with van der Waals surface area (Å²) in [5.74, 6) is 0. The van der Waals surface area contributed by atoms with E-state index < -0.39 is 11.5 Å². The van der Waals surface area contributed by atoms with Gasteiger partial charge < -0.3 is 4.74 Å². The molecule has 2 N–H and O–H groups in total. The van der Waals surface area contributed by atoms with Crippen molar-refractivity contribution in [3.8, 4) is 0 Å². The van der Waals surface area contributed by atoms with E-state index in [1.165, 1.54) is 0 Å². The number of hydrazine groups is 1. The van der Waals surface area contributed by atoms with Gasteiger partial charge in [0.1, 0.15) is 6.61 Å². The van der Waals surface area contributed by atoms with Crippen LogP contribution in [0.25, 0.3) is 0 Å². The lowest BCUT2D eigenvalue weighted by atomic mass is 10.2. The van der Waals surface area contributed by atoms with E-state index in [1.807, 2.05) is 41.2 Å². The molecule has 1 aromatic carbocycles. The summed E-state index contributed by atoms with van der Waals surface area (Å²) < 4.78 is 4.76. The van der Waals surface area contributed by atoms with Crippen LogP contribution in [0.4, 0.5) is 9.59 Å². The second kappa shape index (κ2) is 5.87. The van der Waals surface area contributed by atoms with Crippen molar-refractivity contribution in [3.05, 3.63) is 35.9 Å². The number of hydrogen-bond donors (Lipinski definition) is 2. The van der Waals surface area contributed by atoms with Gasteiger partial charge in [0.2, 0.25) is 0 Å². The molecule has 5 nitrogen and oxygen atoms in total. The minimum Gasteiger partial charge on any atom is -0.443 e. The second-order valence-electron chi connectivity index (χ2n) is 2.59. The molecule has 0 aliphatic rings. The summed E-state index contributed by atoms with van der Waals surface area (Å²) >= 11 is 4.92. The number of carbonyl (C=O) groups excluding carboxylic acids is 2. The van der Waals surface area contributed by atoms with Crippen LogP contribution in [0.15, 0.2) is 30.3 Å². The number of rotatable bonds is 2. The SMILES string of the molecule is O=C(Cl)NNC(=O)OCc1ccccc1. The molecule has 0 aliphatic heterocycles. The molecular formula is C9H9ClN2O3. The van der Waals surface area contributed by atoms with Crippen LogP contribution in [-0.4, -0.2) is 11.5 Å². The van der Waals surface area contributed by atoms with Crippen molar-refractivity contribution in [2.24, 2.45) is 0 Å². The Hall–Kier alpha value is -1.75. The van der Waals surface area contributed by atoms with E-state index in [0.717, 1.165) is 5.56 Å². The van der Waals surface area contributed by atoms with E-state index in [4.69, 9.17) is 16.3 Å². The highest BCUT2D eigenvalue weighted by Gasteiger charge is 2.02. The first-order valence-corrected chi connectivity index (χ1v) is 4.48. The molecule has 0 fully saturated rings. The highest BCUT2D eigenvalue weighted by atomic mass is 35.5. The number of hydrogen-bond acceptors (Lipinski definition) is 3. The van der Waals surface area contributed by atoms with Crippen LogP contribution in [0.3, 0.4) is 0 Å². The van der Waals surface area contributed by atoms with E-state index in [9.17, 15) is 9.59 Å². The monoisotopic (exact) mass is 228 g/mol. The Morgan fingerprint density at radius 1 is 1.20 bits per heavy atom. The Bertz CT molecular complexity index is 342. The average Bonchev–Trinajstić information content (AvgIpc) is 2.25. The van der Waals surface area contributed by atoms with E-state index in [-0.39, 0.29) is 6.61 Å². The van der Waals surface area contributed by atoms with Gasteiger partial charge >= 0.3 is 11.5 Å². The molecule has 15 heavy (non-hydrogen) atoms. The summed E-state index contributed by atoms with van der Waals surface area (Å²) in [5.41, 5.74) is 4.69. The highest BCUT2D eigenvalue weighted by molar-refractivity contribution is 6.62. The molecule has 80 valence electrons. The zero-order valence-electron chi connectivity index (χ0n) is 7.70. The fourth-order valence-electron chi connectivity index (χ4n) is 0.859. The molecule has 0 radical (unpaired) electrons. The van der Waals surface area contributed by atoms with Gasteiger partial charge in [-0.1, -0.05) is 30.3 Å². The summed E-state index contributed by atoms with van der Waals surface area (Å²) in [6.45, 7) is 0.130. The van der Waals surface area contributed by atoms with E-state index in [1.54, 1.807) is 0 Å². The van der Waals surface area contributed by atoms with Crippen molar-refractivity contribution in [1.29, 1.82) is 0 Å². The molecule has 2 amide bonds. The topological polar surface area (TPSA) is 67.4 Å². The van der Waals surface area contributed by atoms with Gasteiger partial charge in [-0.2, -0.15) is 0 Å². The quantitative estimate of drug-likeness (QED) is 0.461. The van der Waals surface area contributed by atoms with Crippen LogP contribution in [-0.2, 0) is 11.3 Å². The van der Waals surface area contributed by atoms with Crippen LogP contribution in [0.5, 0.6) is 0 Å². The molecule has 6 heteroatoms. The number of carbonyl (C=O) groups is 2. The lowest BCUT2D eigenvalue weighted by Crippen LogP contribution is -2.39. The summed E-state index contributed by atoms with van der Waals surface area (Å²) in [7, 11) is 0. The molecule has 0 unspecified atom stereocenters. The van der Waals surface area contributed by atoms with Crippen LogP contribution in [0.1, 0.15) is 5.56 Å². The maximum atomic E-state index is 10.9. The van der Waals surface area contributed by atoms with Gasteiger partial charge in [-0.05, 0) is 17.2 Å². The third-order valence-electron chi connectivity index (χ3n) is 1.48. The number of amides is 2. The van der Waals surface area contributed by atoms with Crippen molar-refractivity contribution in [2.75, 3.05) is 0 Å². The Kier molecular flexibility index (Phi) is 4.43. The smallest absolute Gasteiger partial charge is 0.426 e. The molecule has 0 saturated heterocycles. The maximum absolute atomic E-state index is 10.9. The van der Waals surface area contributed by atoms with Gasteiger partial charge in [-0.3, -0.25) is 10.2 Å². The third-order valence-corrected chi connectivity index (χ3v) is 1.57. The van der Waals surface area contributed by atoms with Crippen molar-refractivity contribution in [2.45, 2.75) is 6.61 Å². The van der Waals surface area contributed by atoms with Crippen LogP contribution < -0.4 is 10.9 Å². The molecule has 0 saturated carbocycles. The number of halogens is 1. The summed E-state index contributed by atoms with van der Waals surface area (Å²) in [6, 6.07) is 9.15. The van der Waals surface area contributed by atoms with Crippen molar-refractivity contribution in [1.82, 2.24) is 10.9 Å². The number of nitrogens with one attached hydrogen (secondary N) is 2. The second-order valence-corrected chi connectivity index (χ2v) is 2.93. The lowest BCUT2D eigenvalue weighted by molar-refractivity contribution is 0.136.